The first-order valence-electron chi connectivity index (χ1n) is 7.01. The minimum atomic E-state index is -0.224. The van der Waals surface area contributed by atoms with Gasteiger partial charge in [-0.2, -0.15) is 0 Å². The highest BCUT2D eigenvalue weighted by Gasteiger charge is 2.22. The summed E-state index contributed by atoms with van der Waals surface area (Å²) in [5, 5.41) is 13.0. The first-order valence-corrected chi connectivity index (χ1v) is 7.39. The maximum atomic E-state index is 12.3. The van der Waals surface area contributed by atoms with Crippen molar-refractivity contribution in [2.75, 3.05) is 6.61 Å². The summed E-state index contributed by atoms with van der Waals surface area (Å²) in [6, 6.07) is 5.14. The highest BCUT2D eigenvalue weighted by atomic mass is 35.5. The minimum Gasteiger partial charge on any atom is -0.493 e. The molecule has 1 aromatic rings. The summed E-state index contributed by atoms with van der Waals surface area (Å²) in [4.78, 5) is 12.3. The quantitative estimate of drug-likeness (QED) is 0.898. The lowest BCUT2D eigenvalue weighted by Gasteiger charge is -2.26. The molecule has 0 aromatic heterocycles. The highest BCUT2D eigenvalue weighted by Crippen LogP contribution is 2.25. The molecule has 0 unspecified atom stereocenters. The summed E-state index contributed by atoms with van der Waals surface area (Å²) in [6.45, 7) is 2.35. The molecule has 0 saturated heterocycles. The van der Waals surface area contributed by atoms with E-state index in [1.807, 2.05) is 6.92 Å². The van der Waals surface area contributed by atoms with Gasteiger partial charge in [-0.1, -0.05) is 11.6 Å². The maximum absolute atomic E-state index is 12.3. The van der Waals surface area contributed by atoms with E-state index in [4.69, 9.17) is 16.3 Å². The fraction of sp³-hybridized carbons (Fsp3) is 0.533. The number of hydrogen-bond acceptors (Lipinski definition) is 3. The number of halogens is 1. The normalized spacial score (nSPS) is 22.4. The van der Waals surface area contributed by atoms with Gasteiger partial charge in [-0.05, 0) is 50.8 Å². The zero-order valence-corrected chi connectivity index (χ0v) is 12.3. The standard InChI is InChI=1S/C15H20ClNO3/c1-2-20-14-9-10(16)3-8-13(14)15(19)17-11-4-6-12(18)7-5-11/h3,8-9,11-12,18H,2,4-7H2,1H3,(H,17,19). The molecular weight excluding hydrogens is 278 g/mol. The maximum Gasteiger partial charge on any atom is 0.255 e. The van der Waals surface area contributed by atoms with E-state index in [0.717, 1.165) is 25.7 Å². The van der Waals surface area contributed by atoms with Gasteiger partial charge in [0.25, 0.3) is 5.91 Å². The average molecular weight is 298 g/mol. The number of amides is 1. The van der Waals surface area contributed by atoms with Gasteiger partial charge in [0.2, 0.25) is 0 Å². The summed E-state index contributed by atoms with van der Waals surface area (Å²) in [5.41, 5.74) is 0.502. The second kappa shape index (κ2) is 6.95. The Morgan fingerprint density at radius 2 is 2.10 bits per heavy atom. The van der Waals surface area contributed by atoms with Crippen LogP contribution in [0.3, 0.4) is 0 Å². The van der Waals surface area contributed by atoms with Crippen LogP contribution in [0.2, 0.25) is 5.02 Å². The number of rotatable bonds is 4. The van der Waals surface area contributed by atoms with Crippen molar-refractivity contribution >= 4 is 17.5 Å². The summed E-state index contributed by atoms with van der Waals surface area (Å²) in [5.74, 6) is 0.361. The molecule has 1 fully saturated rings. The molecule has 0 aliphatic heterocycles. The molecule has 1 aliphatic rings. The molecule has 2 N–H and O–H groups in total. The lowest BCUT2D eigenvalue weighted by atomic mass is 9.93. The summed E-state index contributed by atoms with van der Waals surface area (Å²) < 4.78 is 5.46. The lowest BCUT2D eigenvalue weighted by Crippen LogP contribution is -2.38. The van der Waals surface area contributed by atoms with Crippen molar-refractivity contribution in [2.24, 2.45) is 0 Å². The second-order valence-electron chi connectivity index (χ2n) is 5.05. The predicted molar refractivity (Wildman–Crippen MR) is 78.4 cm³/mol. The summed E-state index contributed by atoms with van der Waals surface area (Å²) in [6.07, 6.45) is 2.88. The molecule has 5 heteroatoms. The smallest absolute Gasteiger partial charge is 0.255 e. The number of aliphatic hydroxyl groups excluding tert-OH is 1. The van der Waals surface area contributed by atoms with Gasteiger partial charge < -0.3 is 15.2 Å². The SMILES string of the molecule is CCOc1cc(Cl)ccc1C(=O)NC1CCC(O)CC1. The number of benzene rings is 1. The van der Waals surface area contributed by atoms with Crippen molar-refractivity contribution in [3.05, 3.63) is 28.8 Å². The molecular formula is C15H20ClNO3. The molecule has 110 valence electrons. The average Bonchev–Trinajstić information content (AvgIpc) is 2.42. The van der Waals surface area contributed by atoms with Crippen molar-refractivity contribution in [1.82, 2.24) is 5.32 Å². The molecule has 1 saturated carbocycles. The third-order valence-electron chi connectivity index (χ3n) is 3.52. The number of aliphatic hydroxyl groups is 1. The van der Waals surface area contributed by atoms with Crippen LogP contribution in [0.15, 0.2) is 18.2 Å². The van der Waals surface area contributed by atoms with Gasteiger partial charge in [0.1, 0.15) is 5.75 Å². The van der Waals surface area contributed by atoms with Gasteiger partial charge in [0.05, 0.1) is 18.3 Å². The third-order valence-corrected chi connectivity index (χ3v) is 3.76. The Morgan fingerprint density at radius 1 is 1.40 bits per heavy atom. The van der Waals surface area contributed by atoms with E-state index >= 15 is 0 Å². The lowest BCUT2D eigenvalue weighted by molar-refractivity contribution is 0.0864. The number of nitrogens with one attached hydrogen (secondary N) is 1. The zero-order chi connectivity index (χ0) is 14.5. The molecule has 2 rings (SSSR count). The Kier molecular flexibility index (Phi) is 5.26. The third kappa shape index (κ3) is 3.87. The van der Waals surface area contributed by atoms with Crippen molar-refractivity contribution in [3.8, 4) is 5.75 Å². The Balaban J connectivity index is 2.05. The van der Waals surface area contributed by atoms with Gasteiger partial charge in [-0.25, -0.2) is 0 Å². The molecule has 1 aliphatic carbocycles. The molecule has 0 spiro atoms. The first-order chi connectivity index (χ1) is 9.60. The summed E-state index contributed by atoms with van der Waals surface area (Å²) in [7, 11) is 0. The fourth-order valence-electron chi connectivity index (χ4n) is 2.44. The van der Waals surface area contributed by atoms with Crippen LogP contribution in [-0.4, -0.2) is 29.8 Å². The molecule has 0 radical (unpaired) electrons. The van der Waals surface area contributed by atoms with E-state index in [2.05, 4.69) is 5.32 Å². The van der Waals surface area contributed by atoms with Gasteiger partial charge in [-0.15, -0.1) is 0 Å². The van der Waals surface area contributed by atoms with Crippen molar-refractivity contribution in [2.45, 2.75) is 44.8 Å². The Labute approximate surface area is 124 Å². The number of hydrogen-bond donors (Lipinski definition) is 2. The van der Waals surface area contributed by atoms with Crippen LogP contribution in [-0.2, 0) is 0 Å². The van der Waals surface area contributed by atoms with Crippen LogP contribution >= 0.6 is 11.6 Å². The first kappa shape index (κ1) is 15.1. The van der Waals surface area contributed by atoms with Crippen molar-refractivity contribution in [3.63, 3.8) is 0 Å². The van der Waals surface area contributed by atoms with Crippen LogP contribution in [0.25, 0.3) is 0 Å². The monoisotopic (exact) mass is 297 g/mol. The number of carbonyl (C=O) groups excluding carboxylic acids is 1. The van der Waals surface area contributed by atoms with Gasteiger partial charge in [0, 0.05) is 11.1 Å². The van der Waals surface area contributed by atoms with Crippen LogP contribution in [0.1, 0.15) is 43.0 Å². The molecule has 0 bridgehead atoms. The molecule has 4 nitrogen and oxygen atoms in total. The van der Waals surface area contributed by atoms with Crippen molar-refractivity contribution < 1.29 is 14.6 Å². The minimum absolute atomic E-state index is 0.121. The fourth-order valence-corrected chi connectivity index (χ4v) is 2.60. The van der Waals surface area contributed by atoms with E-state index in [1.54, 1.807) is 18.2 Å². The molecule has 20 heavy (non-hydrogen) atoms. The Hall–Kier alpha value is -1.26. The molecule has 0 heterocycles. The zero-order valence-electron chi connectivity index (χ0n) is 11.6. The van der Waals surface area contributed by atoms with E-state index in [9.17, 15) is 9.90 Å². The largest absolute Gasteiger partial charge is 0.493 e. The summed E-state index contributed by atoms with van der Waals surface area (Å²) >= 11 is 5.93. The number of carbonyl (C=O) groups is 1. The Bertz CT molecular complexity index is 470. The molecule has 1 aromatic carbocycles. The predicted octanol–water partition coefficient (Wildman–Crippen LogP) is 2.77. The highest BCUT2D eigenvalue weighted by molar-refractivity contribution is 6.30. The van der Waals surface area contributed by atoms with E-state index < -0.39 is 0 Å². The Morgan fingerprint density at radius 3 is 2.75 bits per heavy atom. The van der Waals surface area contributed by atoms with Crippen molar-refractivity contribution in [1.29, 1.82) is 0 Å². The molecule has 0 atom stereocenters. The van der Waals surface area contributed by atoms with Gasteiger partial charge in [-0.3, -0.25) is 4.79 Å². The van der Waals surface area contributed by atoms with Gasteiger partial charge >= 0.3 is 0 Å². The van der Waals surface area contributed by atoms with E-state index in [0.29, 0.717) is 22.9 Å². The molecule has 1 amide bonds. The van der Waals surface area contributed by atoms with Gasteiger partial charge in [0.15, 0.2) is 0 Å². The topological polar surface area (TPSA) is 58.6 Å². The van der Waals surface area contributed by atoms with Crippen LogP contribution in [0.4, 0.5) is 0 Å². The van der Waals surface area contributed by atoms with E-state index in [1.165, 1.54) is 0 Å². The van der Waals surface area contributed by atoms with Crippen LogP contribution in [0.5, 0.6) is 5.75 Å². The second-order valence-corrected chi connectivity index (χ2v) is 5.49. The van der Waals surface area contributed by atoms with Crippen LogP contribution in [0, 0.1) is 0 Å². The number of ether oxygens (including phenoxy) is 1. The van der Waals surface area contributed by atoms with Crippen LogP contribution < -0.4 is 10.1 Å². The van der Waals surface area contributed by atoms with E-state index in [-0.39, 0.29) is 18.1 Å².